The number of aromatic nitrogens is 2. The molecule has 0 unspecified atom stereocenters. The van der Waals surface area contributed by atoms with Crippen molar-refractivity contribution in [1.82, 2.24) is 24.7 Å². The third-order valence-electron chi connectivity index (χ3n) is 8.53. The second-order valence-electron chi connectivity index (χ2n) is 11.5. The summed E-state index contributed by atoms with van der Waals surface area (Å²) in [6.07, 6.45) is 1.57. The second-order valence-corrected chi connectivity index (χ2v) is 11.5. The highest BCUT2D eigenvalue weighted by molar-refractivity contribution is 5.80. The van der Waals surface area contributed by atoms with Crippen LogP contribution in [0.3, 0.4) is 0 Å². The van der Waals surface area contributed by atoms with E-state index in [-0.39, 0.29) is 17.6 Å². The van der Waals surface area contributed by atoms with E-state index in [2.05, 4.69) is 62.0 Å². The smallest absolute Gasteiger partial charge is 0.223 e. The molecule has 2 aliphatic heterocycles. The molecule has 3 heterocycles. The average molecular weight is 555 g/mol. The summed E-state index contributed by atoms with van der Waals surface area (Å²) in [5.41, 5.74) is 5.48. The van der Waals surface area contributed by atoms with Crippen LogP contribution in [0.5, 0.6) is 0 Å². The van der Waals surface area contributed by atoms with E-state index in [1.54, 1.807) is 0 Å². The number of piperazine rings is 1. The average Bonchev–Trinajstić information content (AvgIpc) is 3.37. The first kappa shape index (κ1) is 27.4. The lowest BCUT2D eigenvalue weighted by molar-refractivity contribution is -0.125. The number of anilines is 1. The van der Waals surface area contributed by atoms with Gasteiger partial charge in [-0.25, -0.2) is 9.37 Å². The number of piperidine rings is 1. The molecule has 0 spiro atoms. The monoisotopic (exact) mass is 554 g/mol. The van der Waals surface area contributed by atoms with E-state index >= 15 is 0 Å². The van der Waals surface area contributed by atoms with Crippen molar-refractivity contribution in [3.8, 4) is 0 Å². The molecule has 0 atom stereocenters. The third-order valence-corrected chi connectivity index (χ3v) is 8.53. The van der Waals surface area contributed by atoms with E-state index in [1.165, 1.54) is 17.7 Å². The van der Waals surface area contributed by atoms with Gasteiger partial charge in [-0.15, -0.1) is 0 Å². The van der Waals surface area contributed by atoms with Crippen molar-refractivity contribution in [3.05, 3.63) is 95.3 Å². The maximum Gasteiger partial charge on any atom is 0.223 e. The Morgan fingerprint density at radius 2 is 1.46 bits per heavy atom. The maximum atomic E-state index is 13.5. The van der Waals surface area contributed by atoms with E-state index in [0.717, 1.165) is 86.8 Å². The molecule has 6 rings (SSSR count). The van der Waals surface area contributed by atoms with E-state index in [1.807, 2.05) is 30.3 Å². The highest BCUT2D eigenvalue weighted by Gasteiger charge is 2.27. The molecule has 0 bridgehead atoms. The SMILES string of the molecule is CN1CCN(Cc2ccc(CNC(=O)C3CCN(c4nc5ccccc5n4Cc4ccc(F)cc4)CC3)cc2)CC1. The van der Waals surface area contributed by atoms with Gasteiger partial charge >= 0.3 is 0 Å². The molecular weight excluding hydrogens is 515 g/mol. The third kappa shape index (κ3) is 6.60. The predicted octanol–water partition coefficient (Wildman–Crippen LogP) is 4.50. The molecule has 1 amide bonds. The highest BCUT2D eigenvalue weighted by atomic mass is 19.1. The van der Waals surface area contributed by atoms with Gasteiger partial charge in [-0.2, -0.15) is 0 Å². The van der Waals surface area contributed by atoms with Gasteiger partial charge in [-0.1, -0.05) is 48.5 Å². The minimum Gasteiger partial charge on any atom is -0.352 e. The van der Waals surface area contributed by atoms with Crippen LogP contribution in [0, 0.1) is 11.7 Å². The zero-order valence-electron chi connectivity index (χ0n) is 23.8. The van der Waals surface area contributed by atoms with Crippen LogP contribution < -0.4 is 10.2 Å². The molecule has 2 aliphatic rings. The Morgan fingerprint density at radius 1 is 0.829 bits per heavy atom. The van der Waals surface area contributed by atoms with Gasteiger partial charge in [-0.05, 0) is 60.8 Å². The molecule has 1 N–H and O–H groups in total. The number of nitrogens with one attached hydrogen (secondary N) is 1. The molecule has 1 aromatic heterocycles. The van der Waals surface area contributed by atoms with Gasteiger partial charge in [0.2, 0.25) is 11.9 Å². The molecule has 41 heavy (non-hydrogen) atoms. The van der Waals surface area contributed by atoms with Crippen LogP contribution in [0.2, 0.25) is 0 Å². The Kier molecular flexibility index (Phi) is 8.30. The van der Waals surface area contributed by atoms with Crippen LogP contribution in [0.1, 0.15) is 29.5 Å². The zero-order chi connectivity index (χ0) is 28.2. The lowest BCUT2D eigenvalue weighted by Crippen LogP contribution is -2.43. The Hall–Kier alpha value is -3.75. The van der Waals surface area contributed by atoms with E-state index < -0.39 is 0 Å². The lowest BCUT2D eigenvalue weighted by Gasteiger charge is -2.32. The van der Waals surface area contributed by atoms with Crippen molar-refractivity contribution >= 4 is 22.9 Å². The molecule has 214 valence electrons. The fourth-order valence-electron chi connectivity index (χ4n) is 5.93. The number of para-hydroxylation sites is 2. The van der Waals surface area contributed by atoms with E-state index in [0.29, 0.717) is 13.1 Å². The number of hydrogen-bond acceptors (Lipinski definition) is 5. The van der Waals surface area contributed by atoms with Gasteiger partial charge in [0.1, 0.15) is 5.82 Å². The minimum absolute atomic E-state index is 0.00215. The van der Waals surface area contributed by atoms with Crippen LogP contribution in [-0.2, 0) is 24.4 Å². The lowest BCUT2D eigenvalue weighted by atomic mass is 9.96. The normalized spacial score (nSPS) is 17.3. The molecule has 4 aromatic rings. The molecule has 0 saturated carbocycles. The van der Waals surface area contributed by atoms with Crippen molar-refractivity contribution in [2.75, 3.05) is 51.2 Å². The zero-order valence-corrected chi connectivity index (χ0v) is 23.8. The van der Waals surface area contributed by atoms with Crippen LogP contribution in [0.15, 0.2) is 72.8 Å². The van der Waals surface area contributed by atoms with E-state index in [4.69, 9.17) is 4.98 Å². The number of imidazole rings is 1. The fourth-order valence-corrected chi connectivity index (χ4v) is 5.93. The summed E-state index contributed by atoms with van der Waals surface area (Å²) in [5.74, 6) is 0.803. The summed E-state index contributed by atoms with van der Waals surface area (Å²) in [7, 11) is 2.18. The van der Waals surface area contributed by atoms with Crippen LogP contribution in [0.4, 0.5) is 10.3 Å². The highest BCUT2D eigenvalue weighted by Crippen LogP contribution is 2.28. The summed E-state index contributed by atoms with van der Waals surface area (Å²) in [6, 6.07) is 23.4. The molecule has 8 heteroatoms. The quantitative estimate of drug-likeness (QED) is 0.348. The Bertz CT molecular complexity index is 1450. The Labute approximate surface area is 241 Å². The molecular formula is C33H39FN6O. The molecule has 2 fully saturated rings. The van der Waals surface area contributed by atoms with Gasteiger partial charge in [-0.3, -0.25) is 9.69 Å². The first-order valence-corrected chi connectivity index (χ1v) is 14.7. The van der Waals surface area contributed by atoms with Gasteiger partial charge in [0, 0.05) is 58.3 Å². The van der Waals surface area contributed by atoms with Gasteiger partial charge in [0.15, 0.2) is 0 Å². The number of likely N-dealkylation sites (N-methyl/N-ethyl adjacent to an activating group) is 1. The first-order chi connectivity index (χ1) is 20.0. The molecule has 0 aliphatic carbocycles. The van der Waals surface area contributed by atoms with E-state index in [9.17, 15) is 9.18 Å². The van der Waals surface area contributed by atoms with Crippen LogP contribution >= 0.6 is 0 Å². The largest absolute Gasteiger partial charge is 0.352 e. The van der Waals surface area contributed by atoms with Crippen LogP contribution in [-0.4, -0.2) is 71.6 Å². The molecule has 3 aromatic carbocycles. The van der Waals surface area contributed by atoms with Crippen molar-refractivity contribution in [2.24, 2.45) is 5.92 Å². The number of fused-ring (bicyclic) bond motifs is 1. The number of nitrogens with zero attached hydrogens (tertiary/aromatic N) is 5. The summed E-state index contributed by atoms with van der Waals surface area (Å²) in [6.45, 7) is 8.16. The predicted molar refractivity (Wildman–Crippen MR) is 161 cm³/mol. The van der Waals surface area contributed by atoms with Gasteiger partial charge < -0.3 is 19.7 Å². The summed E-state index contributed by atoms with van der Waals surface area (Å²) < 4.78 is 15.7. The van der Waals surface area contributed by atoms with Crippen molar-refractivity contribution in [2.45, 2.75) is 32.5 Å². The summed E-state index contributed by atoms with van der Waals surface area (Å²) in [5, 5.41) is 3.17. The molecule has 2 saturated heterocycles. The number of carbonyl (C=O) groups is 1. The maximum absolute atomic E-state index is 13.5. The number of hydrogen-bond donors (Lipinski definition) is 1. The first-order valence-electron chi connectivity index (χ1n) is 14.7. The van der Waals surface area contributed by atoms with Crippen molar-refractivity contribution in [3.63, 3.8) is 0 Å². The van der Waals surface area contributed by atoms with Crippen molar-refractivity contribution in [1.29, 1.82) is 0 Å². The van der Waals surface area contributed by atoms with Crippen LogP contribution in [0.25, 0.3) is 11.0 Å². The fraction of sp³-hybridized carbons (Fsp3) is 0.394. The topological polar surface area (TPSA) is 56.6 Å². The van der Waals surface area contributed by atoms with Gasteiger partial charge in [0.25, 0.3) is 0 Å². The minimum atomic E-state index is -0.233. The summed E-state index contributed by atoms with van der Waals surface area (Å²) >= 11 is 0. The van der Waals surface area contributed by atoms with Crippen molar-refractivity contribution < 1.29 is 9.18 Å². The second kappa shape index (κ2) is 12.4. The number of rotatable bonds is 8. The number of benzene rings is 3. The van der Waals surface area contributed by atoms with Gasteiger partial charge in [0.05, 0.1) is 17.6 Å². The summed E-state index contributed by atoms with van der Waals surface area (Å²) in [4.78, 5) is 25.2. The number of halogens is 1. The number of carbonyl (C=O) groups excluding carboxylic acids is 1. The standard InChI is InChI=1S/C33H39FN6O/c1-37-18-20-38(21-19-37)23-26-8-6-25(7-9-26)22-35-32(41)28-14-16-39(17-15-28)33-36-30-4-2-3-5-31(30)40(33)24-27-10-12-29(34)13-11-27/h2-13,28H,14-24H2,1H3,(H,35,41). The molecule has 7 nitrogen and oxygen atoms in total. The Morgan fingerprint density at radius 3 is 2.20 bits per heavy atom. The Balaban J connectivity index is 1.03. The molecule has 0 radical (unpaired) electrons. The number of amides is 1.